The Bertz CT molecular complexity index is 1410. The van der Waals surface area contributed by atoms with Crippen LogP contribution in [0, 0.1) is 0 Å². The van der Waals surface area contributed by atoms with E-state index in [1.165, 1.54) is 4.90 Å². The van der Waals surface area contributed by atoms with Crippen molar-refractivity contribution in [3.8, 4) is 5.75 Å². The number of ether oxygens (including phenoxy) is 3. The molecule has 0 N–H and O–H groups in total. The lowest BCUT2D eigenvalue weighted by atomic mass is 9.87. The first-order valence-corrected chi connectivity index (χ1v) is 13.1. The van der Waals surface area contributed by atoms with Gasteiger partial charge in [-0.3, -0.25) is 0 Å². The number of hydrogen-bond donors (Lipinski definition) is 0. The zero-order valence-electron chi connectivity index (χ0n) is 21.5. The van der Waals surface area contributed by atoms with E-state index >= 15 is 0 Å². The van der Waals surface area contributed by atoms with E-state index < -0.39 is 6.09 Å². The molecule has 5 rings (SSSR count). The molecule has 0 radical (unpaired) electrons. The Labute approximate surface area is 227 Å². The van der Waals surface area contributed by atoms with Crippen molar-refractivity contribution in [3.63, 3.8) is 0 Å². The highest BCUT2D eigenvalue weighted by molar-refractivity contribution is 5.89. The summed E-state index contributed by atoms with van der Waals surface area (Å²) in [6.45, 7) is 1.41. The van der Waals surface area contributed by atoms with Crippen LogP contribution in [-0.2, 0) is 16.1 Å². The van der Waals surface area contributed by atoms with E-state index in [-0.39, 0.29) is 37.7 Å². The van der Waals surface area contributed by atoms with E-state index in [4.69, 9.17) is 14.2 Å². The van der Waals surface area contributed by atoms with E-state index in [1.807, 2.05) is 48.5 Å². The normalized spacial score (nSPS) is 17.1. The fourth-order valence-corrected chi connectivity index (χ4v) is 4.93. The third-order valence-corrected chi connectivity index (χ3v) is 7.00. The molecule has 1 aliphatic rings. The van der Waals surface area contributed by atoms with Crippen LogP contribution in [-0.4, -0.2) is 49.4 Å². The van der Waals surface area contributed by atoms with Crippen molar-refractivity contribution < 1.29 is 28.9 Å². The topological polar surface area (TPSA) is 88.1 Å². The lowest BCUT2D eigenvalue weighted by Gasteiger charge is -2.40. The molecule has 1 heterocycles. The molecule has 0 saturated carbocycles. The molecule has 7 nitrogen and oxygen atoms in total. The maximum absolute atomic E-state index is 12.0. The molecular weight excluding hydrogens is 494 g/mol. The van der Waals surface area contributed by atoms with Crippen LogP contribution in [0.1, 0.15) is 33.8 Å². The maximum atomic E-state index is 12.0. The minimum absolute atomic E-state index is 0.0296. The van der Waals surface area contributed by atoms with Crippen molar-refractivity contribution in [2.45, 2.75) is 25.0 Å². The smallest absolute Gasteiger partial charge is 0.338 e. The fraction of sp³-hybridized carbons (Fsp3) is 0.250. The number of amides is 1. The molecule has 200 valence electrons. The molecule has 1 saturated heterocycles. The van der Waals surface area contributed by atoms with Gasteiger partial charge in [0.15, 0.2) is 0 Å². The zero-order chi connectivity index (χ0) is 27.0. The van der Waals surface area contributed by atoms with Crippen LogP contribution in [0.5, 0.6) is 5.75 Å². The summed E-state index contributed by atoms with van der Waals surface area (Å²) in [5.41, 5.74) is 2.60. The first-order valence-electron chi connectivity index (χ1n) is 13.1. The summed E-state index contributed by atoms with van der Waals surface area (Å²) in [6, 6.07) is 30.9. The van der Waals surface area contributed by atoms with Gasteiger partial charge < -0.3 is 29.0 Å². The van der Waals surface area contributed by atoms with Crippen LogP contribution in [0.4, 0.5) is 4.79 Å². The van der Waals surface area contributed by atoms with E-state index in [9.17, 15) is 14.7 Å². The number of carbonyl (C=O) groups excluding carboxylic acids is 2. The molecular formula is C32H30NO6-. The Balaban J connectivity index is 1.18. The number of carboxylic acid groups (broad SMARTS) is 1. The highest BCUT2D eigenvalue weighted by atomic mass is 16.6. The predicted molar refractivity (Wildman–Crippen MR) is 146 cm³/mol. The lowest BCUT2D eigenvalue weighted by molar-refractivity contribution is -0.268. The number of esters is 1. The maximum Gasteiger partial charge on any atom is 0.338 e. The molecule has 2 atom stereocenters. The van der Waals surface area contributed by atoms with Gasteiger partial charge in [0.05, 0.1) is 18.3 Å². The van der Waals surface area contributed by atoms with Crippen LogP contribution >= 0.6 is 0 Å². The molecule has 0 aliphatic carbocycles. The summed E-state index contributed by atoms with van der Waals surface area (Å²) in [5.74, 6) is 0.310. The number of hydrogen-bond acceptors (Lipinski definition) is 6. The second-order valence-electron chi connectivity index (χ2n) is 9.56. The van der Waals surface area contributed by atoms with Crippen LogP contribution in [0.3, 0.4) is 0 Å². The van der Waals surface area contributed by atoms with Gasteiger partial charge in [0.25, 0.3) is 0 Å². The third-order valence-electron chi connectivity index (χ3n) is 7.00. The monoisotopic (exact) mass is 524 g/mol. The fourth-order valence-electron chi connectivity index (χ4n) is 4.93. The summed E-state index contributed by atoms with van der Waals surface area (Å²) in [6.07, 6.45) is -0.858. The number of piperidine rings is 1. The number of nitrogens with zero attached hydrogens (tertiary/aromatic N) is 1. The highest BCUT2D eigenvalue weighted by Gasteiger charge is 2.31. The van der Waals surface area contributed by atoms with Crippen molar-refractivity contribution in [3.05, 3.63) is 114 Å². The highest BCUT2D eigenvalue weighted by Crippen LogP contribution is 2.32. The van der Waals surface area contributed by atoms with Gasteiger partial charge in [0.1, 0.15) is 25.1 Å². The molecule has 1 aliphatic heterocycles. The average Bonchev–Trinajstić information content (AvgIpc) is 2.98. The molecule has 4 aromatic rings. The lowest BCUT2D eigenvalue weighted by Crippen LogP contribution is -2.51. The molecule has 2 unspecified atom stereocenters. The molecule has 0 spiro atoms. The van der Waals surface area contributed by atoms with Crippen LogP contribution < -0.4 is 9.84 Å². The van der Waals surface area contributed by atoms with Gasteiger partial charge in [-0.15, -0.1) is 0 Å². The van der Waals surface area contributed by atoms with Gasteiger partial charge in [0.2, 0.25) is 0 Å². The first kappa shape index (κ1) is 26.3. The van der Waals surface area contributed by atoms with Gasteiger partial charge in [-0.2, -0.15) is 0 Å². The molecule has 39 heavy (non-hydrogen) atoms. The summed E-state index contributed by atoms with van der Waals surface area (Å²) in [4.78, 5) is 24.9. The Morgan fingerprint density at radius 3 is 2.36 bits per heavy atom. The van der Waals surface area contributed by atoms with Gasteiger partial charge in [0, 0.05) is 19.0 Å². The summed E-state index contributed by atoms with van der Waals surface area (Å²) >= 11 is 0. The van der Waals surface area contributed by atoms with Gasteiger partial charge >= 0.3 is 5.97 Å². The van der Waals surface area contributed by atoms with Gasteiger partial charge in [-0.1, -0.05) is 66.7 Å². The van der Waals surface area contributed by atoms with Crippen molar-refractivity contribution in [2.75, 3.05) is 26.3 Å². The van der Waals surface area contributed by atoms with Crippen LogP contribution in [0.15, 0.2) is 97.1 Å². The van der Waals surface area contributed by atoms with E-state index in [2.05, 4.69) is 24.3 Å². The molecule has 0 bridgehead atoms. The van der Waals surface area contributed by atoms with E-state index in [0.29, 0.717) is 30.9 Å². The third kappa shape index (κ3) is 6.75. The number of fused-ring (bicyclic) bond motifs is 1. The van der Waals surface area contributed by atoms with Crippen molar-refractivity contribution >= 4 is 22.8 Å². The molecule has 0 aromatic heterocycles. The minimum atomic E-state index is -1.18. The van der Waals surface area contributed by atoms with Crippen molar-refractivity contribution in [1.82, 2.24) is 4.90 Å². The molecule has 1 amide bonds. The number of rotatable bonds is 9. The molecule has 1 fully saturated rings. The van der Waals surface area contributed by atoms with Gasteiger partial charge in [-0.05, 0) is 58.7 Å². The predicted octanol–water partition coefficient (Wildman–Crippen LogP) is 4.79. The summed E-state index contributed by atoms with van der Waals surface area (Å²) in [5, 5.41) is 13.9. The number of benzene rings is 4. The minimum Gasteiger partial charge on any atom is -0.530 e. The van der Waals surface area contributed by atoms with Crippen LogP contribution in [0.25, 0.3) is 10.8 Å². The van der Waals surface area contributed by atoms with E-state index in [0.717, 1.165) is 21.9 Å². The average molecular weight is 525 g/mol. The summed E-state index contributed by atoms with van der Waals surface area (Å²) in [7, 11) is 0. The quantitative estimate of drug-likeness (QED) is 0.231. The van der Waals surface area contributed by atoms with Gasteiger partial charge in [-0.25, -0.2) is 4.79 Å². The SMILES string of the molecule is O=C(OCCOc1ccc(C2CCN(C(=O)[O-])CC2OCc2ccc3ccccc3c2)cc1)c1ccccc1. The Morgan fingerprint density at radius 2 is 1.59 bits per heavy atom. The van der Waals surface area contributed by atoms with Crippen molar-refractivity contribution in [1.29, 1.82) is 0 Å². The Kier molecular flexibility index (Phi) is 8.39. The van der Waals surface area contributed by atoms with Crippen molar-refractivity contribution in [2.24, 2.45) is 0 Å². The largest absolute Gasteiger partial charge is 0.530 e. The first-order chi connectivity index (χ1) is 19.1. The van der Waals surface area contributed by atoms with E-state index in [1.54, 1.807) is 24.3 Å². The second-order valence-corrected chi connectivity index (χ2v) is 9.56. The van der Waals surface area contributed by atoms with Crippen LogP contribution in [0.2, 0.25) is 0 Å². The molecule has 4 aromatic carbocycles. The molecule has 7 heteroatoms. The zero-order valence-corrected chi connectivity index (χ0v) is 21.5. The number of likely N-dealkylation sites (tertiary alicyclic amines) is 1. The summed E-state index contributed by atoms with van der Waals surface area (Å²) < 4.78 is 17.3. The number of carbonyl (C=O) groups is 2. The Morgan fingerprint density at radius 1 is 0.846 bits per heavy atom. The standard InChI is InChI=1S/C32H31NO6/c34-31(26-7-2-1-3-8-26)38-19-18-37-28-14-12-25(13-15-28)29-16-17-33(32(35)36)21-30(29)39-22-23-10-11-24-6-4-5-9-27(24)20-23/h1-15,20,29-30H,16-19,21-22H2,(H,35,36)/p-1. The second kappa shape index (κ2) is 12.5. The Hall–Kier alpha value is -4.36.